The fourth-order valence-corrected chi connectivity index (χ4v) is 5.11. The third kappa shape index (κ3) is 2.24. The van der Waals surface area contributed by atoms with E-state index in [1.54, 1.807) is 25.9 Å². The minimum Gasteiger partial charge on any atom is -0.0801 e. The molecule has 0 saturated carbocycles. The summed E-state index contributed by atoms with van der Waals surface area (Å²) in [6, 6.07) is 9.07. The van der Waals surface area contributed by atoms with Gasteiger partial charge in [0.05, 0.1) is 0 Å². The molecule has 2 atom stereocenters. The molecule has 0 heterocycles. The maximum atomic E-state index is 2.56. The van der Waals surface area contributed by atoms with Gasteiger partial charge in [0.25, 0.3) is 0 Å². The SMILES string of the molecule is CC1(C)C2=CC(C3CC=C(I)CC3)=CCC2c2ccccc21. The minimum atomic E-state index is 0.194. The summed E-state index contributed by atoms with van der Waals surface area (Å²) in [7, 11) is 0. The van der Waals surface area contributed by atoms with Gasteiger partial charge in [-0.2, -0.15) is 0 Å². The Kier molecular flexibility index (Phi) is 3.60. The van der Waals surface area contributed by atoms with Gasteiger partial charge >= 0.3 is 0 Å². The molecule has 1 aromatic carbocycles. The van der Waals surface area contributed by atoms with Crippen LogP contribution in [0.3, 0.4) is 0 Å². The molecule has 1 heteroatoms. The van der Waals surface area contributed by atoms with Crippen molar-refractivity contribution in [1.82, 2.24) is 0 Å². The molecule has 114 valence electrons. The zero-order valence-electron chi connectivity index (χ0n) is 13.4. The lowest BCUT2D eigenvalue weighted by atomic mass is 9.74. The lowest BCUT2D eigenvalue weighted by Crippen LogP contribution is -2.19. The Morgan fingerprint density at radius 2 is 1.91 bits per heavy atom. The summed E-state index contributed by atoms with van der Waals surface area (Å²) in [5, 5.41) is 0. The quantitative estimate of drug-likeness (QED) is 0.475. The highest BCUT2D eigenvalue weighted by molar-refractivity contribution is 14.1. The van der Waals surface area contributed by atoms with Crippen LogP contribution in [0, 0.1) is 5.92 Å². The van der Waals surface area contributed by atoms with E-state index in [0.717, 1.165) is 5.92 Å². The molecule has 3 aliphatic carbocycles. The third-order valence-corrected chi connectivity index (χ3v) is 6.82. The first kappa shape index (κ1) is 14.7. The van der Waals surface area contributed by atoms with Crippen LogP contribution >= 0.6 is 22.6 Å². The molecule has 0 nitrogen and oxygen atoms in total. The van der Waals surface area contributed by atoms with E-state index in [1.165, 1.54) is 25.7 Å². The standard InChI is InChI=1S/C21H23I/c1-21(2)19-6-4-3-5-17(19)18-12-9-15(13-20(18)21)14-7-10-16(22)11-8-14/h3-6,9-10,13-14,18H,7-8,11-12H2,1-2H3. The van der Waals surface area contributed by atoms with Crippen LogP contribution in [0.5, 0.6) is 0 Å². The van der Waals surface area contributed by atoms with Gasteiger partial charge in [0.15, 0.2) is 0 Å². The third-order valence-electron chi connectivity index (χ3n) is 5.84. The van der Waals surface area contributed by atoms with Crippen molar-refractivity contribution in [1.29, 1.82) is 0 Å². The molecule has 4 rings (SSSR count). The molecule has 0 saturated heterocycles. The van der Waals surface area contributed by atoms with Gasteiger partial charge in [-0.25, -0.2) is 0 Å². The van der Waals surface area contributed by atoms with Gasteiger partial charge in [-0.15, -0.1) is 0 Å². The summed E-state index contributed by atoms with van der Waals surface area (Å²) < 4.78 is 1.55. The van der Waals surface area contributed by atoms with Crippen LogP contribution in [0.4, 0.5) is 0 Å². The Bertz CT molecular complexity index is 702. The van der Waals surface area contributed by atoms with Gasteiger partial charge in [0.2, 0.25) is 0 Å². The molecule has 0 aliphatic heterocycles. The van der Waals surface area contributed by atoms with Gasteiger partial charge < -0.3 is 0 Å². The molecule has 22 heavy (non-hydrogen) atoms. The van der Waals surface area contributed by atoms with E-state index in [1.807, 2.05) is 0 Å². The zero-order chi connectivity index (χ0) is 15.3. The average Bonchev–Trinajstić information content (AvgIpc) is 2.77. The Morgan fingerprint density at radius 3 is 2.68 bits per heavy atom. The number of rotatable bonds is 1. The Balaban J connectivity index is 1.70. The molecule has 0 aromatic heterocycles. The molecule has 0 amide bonds. The molecule has 0 radical (unpaired) electrons. The van der Waals surface area contributed by atoms with E-state index < -0.39 is 0 Å². The highest BCUT2D eigenvalue weighted by Gasteiger charge is 2.42. The number of hydrogen-bond acceptors (Lipinski definition) is 0. The van der Waals surface area contributed by atoms with E-state index in [0.29, 0.717) is 5.92 Å². The van der Waals surface area contributed by atoms with E-state index in [4.69, 9.17) is 0 Å². The summed E-state index contributed by atoms with van der Waals surface area (Å²) in [5.41, 5.74) is 6.55. The van der Waals surface area contributed by atoms with Crippen molar-refractivity contribution >= 4 is 22.6 Å². The summed E-state index contributed by atoms with van der Waals surface area (Å²) in [4.78, 5) is 0. The summed E-state index contributed by atoms with van der Waals surface area (Å²) in [5.74, 6) is 1.36. The van der Waals surface area contributed by atoms with Gasteiger partial charge in [-0.1, -0.05) is 61.9 Å². The highest BCUT2D eigenvalue weighted by atomic mass is 127. The second-order valence-corrected chi connectivity index (χ2v) is 8.81. The van der Waals surface area contributed by atoms with E-state index in [-0.39, 0.29) is 5.41 Å². The molecule has 2 unspecified atom stereocenters. The number of benzene rings is 1. The smallest absolute Gasteiger partial charge is 0.0117 e. The van der Waals surface area contributed by atoms with E-state index in [2.05, 4.69) is 78.9 Å². The maximum absolute atomic E-state index is 2.56. The Hall–Kier alpha value is -0.830. The van der Waals surface area contributed by atoms with Crippen LogP contribution in [-0.2, 0) is 5.41 Å². The molecule has 0 bridgehead atoms. The predicted octanol–water partition coefficient (Wildman–Crippen LogP) is 6.44. The average molecular weight is 402 g/mol. The topological polar surface area (TPSA) is 0 Å². The van der Waals surface area contributed by atoms with Crippen molar-refractivity contribution in [2.45, 2.75) is 50.9 Å². The van der Waals surface area contributed by atoms with Crippen LogP contribution in [-0.4, -0.2) is 0 Å². The van der Waals surface area contributed by atoms with Gasteiger partial charge in [-0.05, 0) is 74.5 Å². The Labute approximate surface area is 147 Å². The van der Waals surface area contributed by atoms with E-state index in [9.17, 15) is 0 Å². The molecule has 0 N–H and O–H groups in total. The van der Waals surface area contributed by atoms with Crippen LogP contribution in [0.15, 0.2) is 57.2 Å². The number of hydrogen-bond donors (Lipinski definition) is 0. The first-order valence-electron chi connectivity index (χ1n) is 8.43. The fourth-order valence-electron chi connectivity index (χ4n) is 4.55. The lowest BCUT2D eigenvalue weighted by Gasteiger charge is -2.30. The van der Waals surface area contributed by atoms with Crippen molar-refractivity contribution in [3.8, 4) is 0 Å². The molecular weight excluding hydrogens is 379 g/mol. The number of halogens is 1. The Morgan fingerprint density at radius 1 is 1.09 bits per heavy atom. The highest BCUT2D eigenvalue weighted by Crippen LogP contribution is 2.54. The monoisotopic (exact) mass is 402 g/mol. The predicted molar refractivity (Wildman–Crippen MR) is 102 cm³/mol. The maximum Gasteiger partial charge on any atom is 0.0117 e. The molecule has 3 aliphatic rings. The van der Waals surface area contributed by atoms with Crippen LogP contribution in [0.25, 0.3) is 0 Å². The number of fused-ring (bicyclic) bond motifs is 3. The fraction of sp³-hybridized carbons (Fsp3) is 0.429. The van der Waals surface area contributed by atoms with Crippen molar-refractivity contribution in [2.75, 3.05) is 0 Å². The van der Waals surface area contributed by atoms with E-state index >= 15 is 0 Å². The van der Waals surface area contributed by atoms with Crippen molar-refractivity contribution in [2.24, 2.45) is 5.92 Å². The summed E-state index contributed by atoms with van der Waals surface area (Å²) >= 11 is 2.49. The first-order valence-corrected chi connectivity index (χ1v) is 9.51. The lowest BCUT2D eigenvalue weighted by molar-refractivity contribution is 0.543. The van der Waals surface area contributed by atoms with Crippen LogP contribution in [0.1, 0.15) is 56.6 Å². The number of allylic oxidation sites excluding steroid dienone is 6. The second kappa shape index (κ2) is 5.36. The van der Waals surface area contributed by atoms with Crippen LogP contribution < -0.4 is 0 Å². The molecule has 0 fully saturated rings. The van der Waals surface area contributed by atoms with Gasteiger partial charge in [-0.3, -0.25) is 0 Å². The normalized spacial score (nSPS) is 29.1. The zero-order valence-corrected chi connectivity index (χ0v) is 15.6. The minimum absolute atomic E-state index is 0.194. The van der Waals surface area contributed by atoms with Gasteiger partial charge in [0, 0.05) is 11.3 Å². The molecule has 1 aromatic rings. The first-order chi connectivity index (χ1) is 10.6. The largest absolute Gasteiger partial charge is 0.0801 e. The summed E-state index contributed by atoms with van der Waals surface area (Å²) in [6.07, 6.45) is 12.5. The molecule has 0 spiro atoms. The van der Waals surface area contributed by atoms with Gasteiger partial charge in [0.1, 0.15) is 0 Å². The van der Waals surface area contributed by atoms with Crippen molar-refractivity contribution in [3.63, 3.8) is 0 Å². The van der Waals surface area contributed by atoms with Crippen molar-refractivity contribution < 1.29 is 0 Å². The van der Waals surface area contributed by atoms with Crippen LogP contribution in [0.2, 0.25) is 0 Å². The summed E-state index contributed by atoms with van der Waals surface area (Å²) in [6.45, 7) is 4.81. The van der Waals surface area contributed by atoms with Crippen molar-refractivity contribution in [3.05, 3.63) is 68.3 Å². The second-order valence-electron chi connectivity index (χ2n) is 7.43. The molecular formula is C21H23I.